The van der Waals surface area contributed by atoms with E-state index in [0.717, 1.165) is 13.1 Å². The van der Waals surface area contributed by atoms with E-state index >= 15 is 0 Å². The molecule has 0 spiro atoms. The van der Waals surface area contributed by atoms with E-state index in [1.54, 1.807) is 0 Å². The van der Waals surface area contributed by atoms with E-state index in [0.29, 0.717) is 6.04 Å². The maximum absolute atomic E-state index is 4.20. The average molecular weight is 212 g/mol. The van der Waals surface area contributed by atoms with Crippen LogP contribution in [0.15, 0.2) is 12.4 Å². The second-order valence-electron chi connectivity index (χ2n) is 4.46. The topological polar surface area (TPSA) is 6.48 Å². The fraction of sp³-hybridized carbons (Fsp3) is 0.846. The van der Waals surface area contributed by atoms with Crippen LogP contribution >= 0.6 is 0 Å². The molecule has 0 rings (SSSR count). The predicted molar refractivity (Wildman–Crippen MR) is 68.8 cm³/mol. The Morgan fingerprint density at radius 1 is 1.13 bits per heavy atom. The van der Waals surface area contributed by atoms with Crippen LogP contribution in [-0.4, -0.2) is 36.0 Å². The number of hydrogen-bond acceptors (Lipinski definition) is 2. The van der Waals surface area contributed by atoms with Crippen molar-refractivity contribution in [2.45, 2.75) is 53.0 Å². The second-order valence-corrected chi connectivity index (χ2v) is 4.46. The number of nitrogens with zero attached hydrogens (tertiary/aromatic N) is 2. The molecule has 0 unspecified atom stereocenters. The van der Waals surface area contributed by atoms with E-state index in [-0.39, 0.29) is 0 Å². The lowest BCUT2D eigenvalue weighted by molar-refractivity contribution is 0.207. The summed E-state index contributed by atoms with van der Waals surface area (Å²) in [7, 11) is 2.13. The van der Waals surface area contributed by atoms with Crippen molar-refractivity contribution < 1.29 is 0 Å². The number of rotatable bonds is 8. The summed E-state index contributed by atoms with van der Waals surface area (Å²) >= 11 is 0. The Morgan fingerprint density at radius 3 is 2.13 bits per heavy atom. The van der Waals surface area contributed by atoms with E-state index < -0.39 is 0 Å². The van der Waals surface area contributed by atoms with Gasteiger partial charge in [-0.15, -0.1) is 0 Å². The minimum absolute atomic E-state index is 0.526. The molecule has 2 heteroatoms. The SMILES string of the molecule is C=C(N(CCC)CCCC)N(C)C(C)C. The van der Waals surface area contributed by atoms with Crippen molar-refractivity contribution in [1.82, 2.24) is 9.80 Å². The van der Waals surface area contributed by atoms with E-state index in [1.165, 1.54) is 25.1 Å². The summed E-state index contributed by atoms with van der Waals surface area (Å²) < 4.78 is 0. The van der Waals surface area contributed by atoms with Gasteiger partial charge in [0.05, 0.1) is 5.82 Å². The molecule has 0 aromatic heterocycles. The zero-order valence-corrected chi connectivity index (χ0v) is 11.2. The van der Waals surface area contributed by atoms with Gasteiger partial charge in [0.1, 0.15) is 0 Å². The lowest BCUT2D eigenvalue weighted by Gasteiger charge is -2.35. The Kier molecular flexibility index (Phi) is 7.27. The smallest absolute Gasteiger partial charge is 0.0964 e. The molecule has 2 nitrogen and oxygen atoms in total. The van der Waals surface area contributed by atoms with Crippen LogP contribution in [0.2, 0.25) is 0 Å². The zero-order chi connectivity index (χ0) is 11.8. The van der Waals surface area contributed by atoms with Gasteiger partial charge in [0.25, 0.3) is 0 Å². The molecule has 0 amide bonds. The van der Waals surface area contributed by atoms with Crippen molar-refractivity contribution in [3.63, 3.8) is 0 Å². The first-order chi connectivity index (χ1) is 7.04. The maximum atomic E-state index is 4.20. The van der Waals surface area contributed by atoms with Gasteiger partial charge < -0.3 is 9.80 Å². The van der Waals surface area contributed by atoms with E-state index in [1.807, 2.05) is 0 Å². The van der Waals surface area contributed by atoms with Crippen molar-refractivity contribution >= 4 is 0 Å². The molecule has 0 aromatic carbocycles. The standard InChI is InChI=1S/C13H28N2/c1-7-9-11-15(10-8-2)13(5)14(6)12(3)4/h12H,5,7-11H2,1-4,6H3. The lowest BCUT2D eigenvalue weighted by Crippen LogP contribution is -2.37. The van der Waals surface area contributed by atoms with Crippen LogP contribution in [0, 0.1) is 0 Å². The Balaban J connectivity index is 4.26. The summed E-state index contributed by atoms with van der Waals surface area (Å²) in [5.74, 6) is 1.17. The molecule has 0 heterocycles. The minimum Gasteiger partial charge on any atom is -0.359 e. The summed E-state index contributed by atoms with van der Waals surface area (Å²) in [6, 6.07) is 0.526. The van der Waals surface area contributed by atoms with Crippen LogP contribution in [-0.2, 0) is 0 Å². The van der Waals surface area contributed by atoms with Crippen molar-refractivity contribution in [3.8, 4) is 0 Å². The largest absolute Gasteiger partial charge is 0.359 e. The molecule has 0 saturated carbocycles. The Morgan fingerprint density at radius 2 is 1.73 bits per heavy atom. The molecule has 0 N–H and O–H groups in total. The normalized spacial score (nSPS) is 10.5. The van der Waals surface area contributed by atoms with Gasteiger partial charge in [-0.1, -0.05) is 26.8 Å². The first-order valence-electron chi connectivity index (χ1n) is 6.21. The fourth-order valence-corrected chi connectivity index (χ4v) is 1.51. The van der Waals surface area contributed by atoms with Crippen molar-refractivity contribution in [3.05, 3.63) is 12.4 Å². The van der Waals surface area contributed by atoms with Crippen LogP contribution < -0.4 is 0 Å². The van der Waals surface area contributed by atoms with Gasteiger partial charge in [0.2, 0.25) is 0 Å². The molecule has 0 atom stereocenters. The number of hydrogen-bond donors (Lipinski definition) is 0. The maximum Gasteiger partial charge on any atom is 0.0964 e. The molecular formula is C13H28N2. The van der Waals surface area contributed by atoms with Crippen molar-refractivity contribution in [1.29, 1.82) is 0 Å². The highest BCUT2D eigenvalue weighted by atomic mass is 15.3. The molecule has 0 aromatic rings. The van der Waals surface area contributed by atoms with Gasteiger partial charge in [-0.2, -0.15) is 0 Å². The van der Waals surface area contributed by atoms with E-state index in [9.17, 15) is 0 Å². The molecule has 0 fully saturated rings. The van der Waals surface area contributed by atoms with Crippen molar-refractivity contribution in [2.24, 2.45) is 0 Å². The molecule has 15 heavy (non-hydrogen) atoms. The monoisotopic (exact) mass is 212 g/mol. The highest BCUT2D eigenvalue weighted by Crippen LogP contribution is 2.11. The van der Waals surface area contributed by atoms with Crippen LogP contribution in [0.3, 0.4) is 0 Å². The quantitative estimate of drug-likeness (QED) is 0.609. The molecule has 0 saturated heterocycles. The van der Waals surface area contributed by atoms with Crippen LogP contribution in [0.1, 0.15) is 47.0 Å². The first-order valence-corrected chi connectivity index (χ1v) is 6.21. The van der Waals surface area contributed by atoms with E-state index in [4.69, 9.17) is 0 Å². The Hall–Kier alpha value is -0.660. The third kappa shape index (κ3) is 5.10. The van der Waals surface area contributed by atoms with Gasteiger partial charge in [-0.05, 0) is 26.7 Å². The van der Waals surface area contributed by atoms with Crippen LogP contribution in [0.5, 0.6) is 0 Å². The predicted octanol–water partition coefficient (Wildman–Crippen LogP) is 3.31. The van der Waals surface area contributed by atoms with Gasteiger partial charge in [0.15, 0.2) is 0 Å². The van der Waals surface area contributed by atoms with E-state index in [2.05, 4.69) is 51.1 Å². The molecule has 0 radical (unpaired) electrons. The van der Waals surface area contributed by atoms with Gasteiger partial charge in [-0.3, -0.25) is 0 Å². The molecule has 90 valence electrons. The van der Waals surface area contributed by atoms with Crippen LogP contribution in [0.25, 0.3) is 0 Å². The minimum atomic E-state index is 0.526. The summed E-state index contributed by atoms with van der Waals surface area (Å²) in [5.41, 5.74) is 0. The third-order valence-electron chi connectivity index (χ3n) is 2.82. The zero-order valence-electron chi connectivity index (χ0n) is 11.2. The summed E-state index contributed by atoms with van der Waals surface area (Å²) in [4.78, 5) is 4.66. The van der Waals surface area contributed by atoms with Gasteiger partial charge in [0, 0.05) is 26.2 Å². The molecular weight excluding hydrogens is 184 g/mol. The second kappa shape index (κ2) is 7.61. The summed E-state index contributed by atoms with van der Waals surface area (Å²) in [5, 5.41) is 0. The molecule has 0 bridgehead atoms. The summed E-state index contributed by atoms with van der Waals surface area (Å²) in [6.45, 7) is 15.3. The fourth-order valence-electron chi connectivity index (χ4n) is 1.51. The van der Waals surface area contributed by atoms with Crippen molar-refractivity contribution in [2.75, 3.05) is 20.1 Å². The summed E-state index contributed by atoms with van der Waals surface area (Å²) in [6.07, 6.45) is 3.69. The average Bonchev–Trinajstić information content (AvgIpc) is 2.22. The Bertz CT molecular complexity index is 175. The number of unbranched alkanes of at least 4 members (excludes halogenated alkanes) is 1. The first kappa shape index (κ1) is 14.3. The van der Waals surface area contributed by atoms with Gasteiger partial charge in [-0.25, -0.2) is 0 Å². The van der Waals surface area contributed by atoms with Gasteiger partial charge >= 0.3 is 0 Å². The highest BCUT2D eigenvalue weighted by molar-refractivity contribution is 4.93. The third-order valence-corrected chi connectivity index (χ3v) is 2.82. The van der Waals surface area contributed by atoms with Crippen LogP contribution in [0.4, 0.5) is 0 Å². The Labute approximate surface area is 95.9 Å². The molecule has 0 aliphatic heterocycles. The highest BCUT2D eigenvalue weighted by Gasteiger charge is 2.12. The molecule has 0 aliphatic carbocycles. The molecule has 0 aliphatic rings. The lowest BCUT2D eigenvalue weighted by atomic mass is 10.3.